The Morgan fingerprint density at radius 1 is 1.00 bits per heavy atom. The van der Waals surface area contributed by atoms with Crippen LogP contribution in [0.25, 0.3) is 0 Å². The average Bonchev–Trinajstić information content (AvgIpc) is 3.37. The number of fused-ring (bicyclic) bond motifs is 7. The number of rotatable bonds is 10. The van der Waals surface area contributed by atoms with Gasteiger partial charge >= 0.3 is 11.9 Å². The first-order chi connectivity index (χ1) is 24.5. The number of hydrogen-bond acceptors (Lipinski definition) is 6. The summed E-state index contributed by atoms with van der Waals surface area (Å²) in [6.45, 7) is 23.5. The quantitative estimate of drug-likeness (QED) is 0.204. The van der Waals surface area contributed by atoms with Gasteiger partial charge in [0.05, 0.1) is 11.8 Å². The number of carboxylic acids is 1. The van der Waals surface area contributed by atoms with Gasteiger partial charge in [0.15, 0.2) is 5.78 Å². The molecule has 53 heavy (non-hydrogen) atoms. The predicted molar refractivity (Wildman–Crippen MR) is 211 cm³/mol. The topological polar surface area (TPSA) is 119 Å². The number of carbonyl (C=O) groups is 3. The van der Waals surface area contributed by atoms with Crippen molar-refractivity contribution < 1.29 is 24.2 Å². The molecule has 0 radical (unpaired) electrons. The van der Waals surface area contributed by atoms with E-state index in [4.69, 9.17) is 22.1 Å². The van der Waals surface area contributed by atoms with Gasteiger partial charge in [0.2, 0.25) is 0 Å². The van der Waals surface area contributed by atoms with E-state index in [1.807, 2.05) is 18.2 Å². The number of nitrogens with two attached hydrogens (primary N) is 1. The number of allylic oxidation sites excluding steroid dienone is 2. The van der Waals surface area contributed by atoms with Crippen LogP contribution in [0.15, 0.2) is 35.4 Å². The van der Waals surface area contributed by atoms with Crippen molar-refractivity contribution in [1.82, 2.24) is 5.32 Å². The highest BCUT2D eigenvalue weighted by Crippen LogP contribution is 2.78. The molecule has 4 N–H and O–H groups in total. The molecule has 0 unspecified atom stereocenters. The zero-order valence-electron chi connectivity index (χ0n) is 34.2. The highest BCUT2D eigenvalue weighted by molar-refractivity contribution is 6.30. The Bertz CT molecular complexity index is 1680. The molecule has 0 heterocycles. The molecule has 4 fully saturated rings. The number of ether oxygens (including phenoxy) is 1. The summed E-state index contributed by atoms with van der Waals surface area (Å²) in [5.74, 6) is -0.0448. The molecule has 7 nitrogen and oxygen atoms in total. The third-order valence-corrected chi connectivity index (χ3v) is 17.1. The zero-order chi connectivity index (χ0) is 39.2. The third kappa shape index (κ3) is 5.99. The van der Waals surface area contributed by atoms with Crippen LogP contribution >= 0.6 is 11.6 Å². The average molecular weight is 751 g/mol. The highest BCUT2D eigenvalue weighted by atomic mass is 35.5. The first-order valence-electron chi connectivity index (χ1n) is 20.5. The second-order valence-electron chi connectivity index (χ2n) is 20.4. The fourth-order valence-corrected chi connectivity index (χ4v) is 13.7. The van der Waals surface area contributed by atoms with Crippen LogP contribution in [0.2, 0.25) is 5.02 Å². The normalized spacial score (nSPS) is 38.4. The standard InChI is InChI=1S/C45H67ClN2O5/c1-27(2)36-32(49)23-44(28(3)25-48-26-29-12-11-13-30(46)22-29)21-20-41(8)31(37(36)44)14-19-45(47)42(9)17-16-34(53-35(50)24-39(4,5)38(51)52)40(6,7)33(42)15-18-43(41,45)10/h11-13,22,27-28,31,33-34,48H,14-21,23-26,47H2,1-10H3,(H,51,52)/t28-,31-,33+,34+,41-,42+,43+,44+,45+/m1/s1. The van der Waals surface area contributed by atoms with Crippen molar-refractivity contribution in [3.63, 3.8) is 0 Å². The SMILES string of the molecule is CC(C)C1=C2[C@H]3CC[C@@]4(N)[C@@](C)(CC[C@H]5C(C)(C)[C@@H](OC(=O)CC(C)(C)C(=O)O)CC[C@@]54C)[C@]3(C)CC[C@@]2([C@H](C)CNCc2cccc(Cl)c2)CC1=O. The number of esters is 1. The van der Waals surface area contributed by atoms with Crippen molar-refractivity contribution in [2.24, 2.45) is 61.9 Å². The maximum atomic E-state index is 14.2. The molecular weight excluding hydrogens is 684 g/mol. The lowest BCUT2D eigenvalue weighted by atomic mass is 9.30. The Labute approximate surface area is 324 Å². The first-order valence-corrected chi connectivity index (χ1v) is 20.8. The Morgan fingerprint density at radius 3 is 2.34 bits per heavy atom. The van der Waals surface area contributed by atoms with Crippen LogP contribution in [0, 0.1) is 56.2 Å². The lowest BCUT2D eigenvalue weighted by molar-refractivity contribution is -0.244. The zero-order valence-corrected chi connectivity index (χ0v) is 35.0. The maximum absolute atomic E-state index is 14.2. The smallest absolute Gasteiger partial charge is 0.309 e. The van der Waals surface area contributed by atoms with Crippen LogP contribution in [0.1, 0.15) is 139 Å². The van der Waals surface area contributed by atoms with E-state index >= 15 is 0 Å². The van der Waals surface area contributed by atoms with Gasteiger partial charge in [-0.1, -0.05) is 84.7 Å². The molecular formula is C45H67ClN2O5. The second kappa shape index (κ2) is 13.5. The van der Waals surface area contributed by atoms with Gasteiger partial charge < -0.3 is 20.9 Å². The highest BCUT2D eigenvalue weighted by Gasteiger charge is 2.75. The van der Waals surface area contributed by atoms with E-state index in [9.17, 15) is 19.5 Å². The molecule has 1 aromatic carbocycles. The monoisotopic (exact) mass is 750 g/mol. The Kier molecular flexibility index (Phi) is 10.3. The van der Waals surface area contributed by atoms with Gasteiger partial charge in [-0.05, 0) is 135 Å². The van der Waals surface area contributed by atoms with Crippen molar-refractivity contribution in [3.8, 4) is 0 Å². The van der Waals surface area contributed by atoms with E-state index in [2.05, 4.69) is 66.8 Å². The summed E-state index contributed by atoms with van der Waals surface area (Å²) in [6, 6.07) is 8.03. The molecule has 0 aromatic heterocycles. The van der Waals surface area contributed by atoms with Crippen LogP contribution < -0.4 is 11.1 Å². The lowest BCUT2D eigenvalue weighted by Crippen LogP contribution is -2.78. The number of Topliss-reactive ketones (excluding diaryl/α,β-unsaturated/α-hetero) is 1. The molecule has 1 aromatic rings. The van der Waals surface area contributed by atoms with E-state index in [1.165, 1.54) is 11.1 Å². The molecule has 4 saturated carbocycles. The molecule has 0 aliphatic heterocycles. The molecule has 294 valence electrons. The van der Waals surface area contributed by atoms with Crippen molar-refractivity contribution in [2.45, 2.75) is 152 Å². The summed E-state index contributed by atoms with van der Waals surface area (Å²) in [5, 5.41) is 14.1. The molecule has 5 aliphatic rings. The van der Waals surface area contributed by atoms with Crippen molar-refractivity contribution in [2.75, 3.05) is 6.54 Å². The fraction of sp³-hybridized carbons (Fsp3) is 0.756. The molecule has 0 amide bonds. The van der Waals surface area contributed by atoms with Crippen LogP contribution in [0.5, 0.6) is 0 Å². The summed E-state index contributed by atoms with van der Waals surface area (Å²) >= 11 is 6.29. The van der Waals surface area contributed by atoms with E-state index in [0.29, 0.717) is 30.5 Å². The van der Waals surface area contributed by atoms with Gasteiger partial charge in [0.25, 0.3) is 0 Å². The molecule has 9 atom stereocenters. The third-order valence-electron chi connectivity index (χ3n) is 16.9. The van der Waals surface area contributed by atoms with Crippen molar-refractivity contribution in [3.05, 3.63) is 46.0 Å². The van der Waals surface area contributed by atoms with Gasteiger partial charge in [-0.15, -0.1) is 0 Å². The number of benzene rings is 1. The van der Waals surface area contributed by atoms with E-state index in [-0.39, 0.29) is 51.4 Å². The first kappa shape index (κ1) is 40.4. The van der Waals surface area contributed by atoms with Crippen molar-refractivity contribution in [1.29, 1.82) is 0 Å². The molecule has 5 aliphatic carbocycles. The van der Waals surface area contributed by atoms with E-state index < -0.39 is 22.9 Å². The van der Waals surface area contributed by atoms with Crippen molar-refractivity contribution >= 4 is 29.3 Å². The Hall–Kier alpha value is -2.22. The van der Waals surface area contributed by atoms with Gasteiger partial charge in [-0.2, -0.15) is 0 Å². The van der Waals surface area contributed by atoms with E-state index in [1.54, 1.807) is 13.8 Å². The van der Waals surface area contributed by atoms with E-state index in [0.717, 1.165) is 68.6 Å². The maximum Gasteiger partial charge on any atom is 0.309 e. The van der Waals surface area contributed by atoms with Crippen LogP contribution in [-0.2, 0) is 25.7 Å². The predicted octanol–water partition coefficient (Wildman–Crippen LogP) is 9.54. The van der Waals surface area contributed by atoms with Gasteiger partial charge in [0.1, 0.15) is 6.10 Å². The lowest BCUT2D eigenvalue weighted by Gasteiger charge is -2.76. The minimum Gasteiger partial charge on any atom is -0.481 e. The second-order valence-corrected chi connectivity index (χ2v) is 20.9. The number of halogens is 1. The number of aliphatic carboxylic acids is 1. The minimum absolute atomic E-state index is 0.0681. The minimum atomic E-state index is -1.18. The largest absolute Gasteiger partial charge is 0.481 e. The number of ketones is 1. The molecule has 0 saturated heterocycles. The molecule has 8 heteroatoms. The number of carbonyl (C=O) groups excluding carboxylic acids is 2. The van der Waals surface area contributed by atoms with Crippen LogP contribution in [-0.4, -0.2) is 41.0 Å². The summed E-state index contributed by atoms with van der Waals surface area (Å²) in [7, 11) is 0. The van der Waals surface area contributed by atoms with Gasteiger partial charge in [-0.25, -0.2) is 0 Å². The number of nitrogens with one attached hydrogen (secondary N) is 1. The molecule has 0 spiro atoms. The number of hydrogen-bond donors (Lipinski definition) is 3. The summed E-state index contributed by atoms with van der Waals surface area (Å²) in [5.41, 5.74) is 9.35. The number of carboxylic acid groups (broad SMARTS) is 1. The molecule has 0 bridgehead atoms. The van der Waals surface area contributed by atoms with Crippen LogP contribution in [0.3, 0.4) is 0 Å². The van der Waals surface area contributed by atoms with Crippen LogP contribution in [0.4, 0.5) is 0 Å². The fourth-order valence-electron chi connectivity index (χ4n) is 13.5. The summed E-state index contributed by atoms with van der Waals surface area (Å²) in [4.78, 5) is 39.1. The Balaban J connectivity index is 1.29. The van der Waals surface area contributed by atoms with Gasteiger partial charge in [-0.3, -0.25) is 14.4 Å². The van der Waals surface area contributed by atoms with Gasteiger partial charge in [0, 0.05) is 34.4 Å². The summed E-state index contributed by atoms with van der Waals surface area (Å²) in [6.07, 6.45) is 7.70. The molecule has 6 rings (SSSR count). The summed E-state index contributed by atoms with van der Waals surface area (Å²) < 4.78 is 6.18. The Morgan fingerprint density at radius 2 is 1.70 bits per heavy atom.